The summed E-state index contributed by atoms with van der Waals surface area (Å²) in [5.74, 6) is -0.548. The van der Waals surface area contributed by atoms with Crippen LogP contribution in [0, 0.1) is 10.1 Å². The topological polar surface area (TPSA) is 105 Å². The monoisotopic (exact) mass is 320 g/mol. The second-order valence-corrected chi connectivity index (χ2v) is 5.39. The number of non-ortho nitro benzene ring substituents is 1. The smallest absolute Gasteiger partial charge is 0.270 e. The van der Waals surface area contributed by atoms with E-state index >= 15 is 0 Å². The van der Waals surface area contributed by atoms with Gasteiger partial charge in [-0.1, -0.05) is 0 Å². The molecule has 0 aliphatic carbocycles. The molecule has 0 bridgehead atoms. The first-order valence-corrected chi connectivity index (χ1v) is 7.55. The minimum atomic E-state index is -0.512. The molecule has 1 aliphatic rings. The number of hydrogen-bond acceptors (Lipinski definition) is 5. The second kappa shape index (κ2) is 7.57. The van der Waals surface area contributed by atoms with E-state index < -0.39 is 4.92 Å². The number of amides is 2. The molecule has 23 heavy (non-hydrogen) atoms. The van der Waals surface area contributed by atoms with Crippen LogP contribution in [0.25, 0.3) is 0 Å². The van der Waals surface area contributed by atoms with Gasteiger partial charge in [-0.15, -0.1) is 0 Å². The van der Waals surface area contributed by atoms with E-state index in [4.69, 9.17) is 0 Å². The summed E-state index contributed by atoms with van der Waals surface area (Å²) in [5.41, 5.74) is 0.897. The Labute approximate surface area is 134 Å². The fraction of sp³-hybridized carbons (Fsp3) is 0.467. The van der Waals surface area contributed by atoms with Gasteiger partial charge in [0.25, 0.3) is 11.6 Å². The molecule has 0 radical (unpaired) electrons. The predicted molar refractivity (Wildman–Crippen MR) is 85.6 cm³/mol. The summed E-state index contributed by atoms with van der Waals surface area (Å²) < 4.78 is 0. The van der Waals surface area contributed by atoms with E-state index in [2.05, 4.69) is 15.5 Å². The minimum absolute atomic E-state index is 0.111. The number of anilines is 1. The van der Waals surface area contributed by atoms with E-state index in [9.17, 15) is 19.7 Å². The highest BCUT2D eigenvalue weighted by Crippen LogP contribution is 2.28. The van der Waals surface area contributed by atoms with Crippen molar-refractivity contribution in [3.05, 3.63) is 33.9 Å². The maximum atomic E-state index is 12.4. The molecule has 1 aromatic carbocycles. The van der Waals surface area contributed by atoms with Gasteiger partial charge in [-0.2, -0.15) is 0 Å². The van der Waals surface area contributed by atoms with E-state index in [1.165, 1.54) is 19.1 Å². The lowest BCUT2D eigenvalue weighted by atomic mass is 10.1. The van der Waals surface area contributed by atoms with Crippen molar-refractivity contribution in [1.82, 2.24) is 10.6 Å². The van der Waals surface area contributed by atoms with Gasteiger partial charge in [0.15, 0.2) is 0 Å². The lowest BCUT2D eigenvalue weighted by Gasteiger charge is -2.20. The Hall–Kier alpha value is -2.64. The third kappa shape index (κ3) is 4.41. The first-order chi connectivity index (χ1) is 11.0. The van der Waals surface area contributed by atoms with Crippen LogP contribution < -0.4 is 15.5 Å². The number of carbonyl (C=O) groups excluding carboxylic acids is 2. The van der Waals surface area contributed by atoms with Crippen LogP contribution in [0.2, 0.25) is 0 Å². The van der Waals surface area contributed by atoms with Gasteiger partial charge in [-0.05, 0) is 18.9 Å². The molecule has 0 aromatic heterocycles. The number of carbonyl (C=O) groups is 2. The van der Waals surface area contributed by atoms with Crippen molar-refractivity contribution in [3.63, 3.8) is 0 Å². The first kappa shape index (κ1) is 16.7. The molecule has 124 valence electrons. The zero-order valence-corrected chi connectivity index (χ0v) is 13.0. The van der Waals surface area contributed by atoms with Gasteiger partial charge >= 0.3 is 0 Å². The van der Waals surface area contributed by atoms with Gasteiger partial charge in [0.05, 0.1) is 16.2 Å². The average Bonchev–Trinajstić information content (AvgIpc) is 3.04. The number of nitro groups is 1. The molecule has 1 aliphatic heterocycles. The molecule has 0 atom stereocenters. The lowest BCUT2D eigenvalue weighted by molar-refractivity contribution is -0.384. The molecule has 1 saturated heterocycles. The van der Waals surface area contributed by atoms with E-state index in [1.54, 1.807) is 6.07 Å². The number of nitrogens with zero attached hydrogens (tertiary/aromatic N) is 2. The average molecular weight is 320 g/mol. The fourth-order valence-electron chi connectivity index (χ4n) is 2.56. The standard InChI is InChI=1S/C15H20N4O4/c1-11(20)16-6-7-17-15(21)13-10-12(19(22)23)4-5-14(13)18-8-2-3-9-18/h4-5,10H,2-3,6-9H2,1H3,(H,16,20)(H,17,21). The summed E-state index contributed by atoms with van der Waals surface area (Å²) in [6, 6.07) is 4.36. The summed E-state index contributed by atoms with van der Waals surface area (Å²) >= 11 is 0. The third-order valence-electron chi connectivity index (χ3n) is 3.67. The van der Waals surface area contributed by atoms with Crippen molar-refractivity contribution in [2.75, 3.05) is 31.1 Å². The maximum absolute atomic E-state index is 12.4. The Bertz CT molecular complexity index is 611. The van der Waals surface area contributed by atoms with E-state index in [1.807, 2.05) is 0 Å². The number of nitrogens with one attached hydrogen (secondary N) is 2. The van der Waals surface area contributed by atoms with E-state index in [0.29, 0.717) is 17.8 Å². The van der Waals surface area contributed by atoms with Gasteiger partial charge < -0.3 is 15.5 Å². The van der Waals surface area contributed by atoms with Gasteiger partial charge in [0, 0.05) is 45.2 Å². The number of benzene rings is 1. The summed E-state index contributed by atoms with van der Waals surface area (Å²) in [7, 11) is 0. The van der Waals surface area contributed by atoms with Crippen LogP contribution in [0.5, 0.6) is 0 Å². The van der Waals surface area contributed by atoms with E-state index in [0.717, 1.165) is 25.9 Å². The van der Waals surface area contributed by atoms with Gasteiger partial charge in [-0.25, -0.2) is 0 Å². The second-order valence-electron chi connectivity index (χ2n) is 5.39. The van der Waals surface area contributed by atoms with Crippen LogP contribution >= 0.6 is 0 Å². The summed E-state index contributed by atoms with van der Waals surface area (Å²) in [6.07, 6.45) is 2.08. The third-order valence-corrected chi connectivity index (χ3v) is 3.67. The largest absolute Gasteiger partial charge is 0.371 e. The normalized spacial score (nSPS) is 13.7. The van der Waals surface area contributed by atoms with Crippen molar-refractivity contribution in [1.29, 1.82) is 0 Å². The first-order valence-electron chi connectivity index (χ1n) is 7.55. The number of nitro benzene ring substituents is 1. The molecule has 0 saturated carbocycles. The molecule has 1 fully saturated rings. The number of rotatable bonds is 6. The molecule has 1 heterocycles. The molecule has 8 nitrogen and oxygen atoms in total. The molecule has 2 N–H and O–H groups in total. The van der Waals surface area contributed by atoms with Crippen LogP contribution in [0.15, 0.2) is 18.2 Å². The Balaban J connectivity index is 2.15. The van der Waals surface area contributed by atoms with Crippen LogP contribution in [-0.2, 0) is 4.79 Å². The highest BCUT2D eigenvalue weighted by atomic mass is 16.6. The molecule has 0 unspecified atom stereocenters. The Morgan fingerprint density at radius 3 is 2.48 bits per heavy atom. The summed E-state index contributed by atoms with van der Waals surface area (Å²) in [5, 5.41) is 16.2. The van der Waals surface area contributed by atoms with E-state index in [-0.39, 0.29) is 24.0 Å². The Morgan fingerprint density at radius 2 is 1.87 bits per heavy atom. The van der Waals surface area contributed by atoms with Crippen LogP contribution in [-0.4, -0.2) is 42.9 Å². The minimum Gasteiger partial charge on any atom is -0.371 e. The summed E-state index contributed by atoms with van der Waals surface area (Å²) in [4.78, 5) is 35.7. The van der Waals surface area contributed by atoms with Crippen LogP contribution in [0.3, 0.4) is 0 Å². The van der Waals surface area contributed by atoms with Crippen molar-refractivity contribution >= 4 is 23.2 Å². The van der Waals surface area contributed by atoms with Crippen molar-refractivity contribution in [2.24, 2.45) is 0 Å². The predicted octanol–water partition coefficient (Wildman–Crippen LogP) is 1.06. The molecule has 8 heteroatoms. The molecule has 2 amide bonds. The van der Waals surface area contributed by atoms with Crippen molar-refractivity contribution in [3.8, 4) is 0 Å². The molecule has 2 rings (SSSR count). The van der Waals surface area contributed by atoms with Crippen LogP contribution in [0.1, 0.15) is 30.1 Å². The maximum Gasteiger partial charge on any atom is 0.270 e. The fourth-order valence-corrected chi connectivity index (χ4v) is 2.56. The highest BCUT2D eigenvalue weighted by Gasteiger charge is 2.22. The quantitative estimate of drug-likeness (QED) is 0.463. The zero-order valence-electron chi connectivity index (χ0n) is 13.0. The van der Waals surface area contributed by atoms with Crippen LogP contribution in [0.4, 0.5) is 11.4 Å². The van der Waals surface area contributed by atoms with Gasteiger partial charge in [0.1, 0.15) is 0 Å². The Kier molecular flexibility index (Phi) is 5.51. The lowest BCUT2D eigenvalue weighted by Crippen LogP contribution is -2.34. The Morgan fingerprint density at radius 1 is 1.22 bits per heavy atom. The zero-order chi connectivity index (χ0) is 16.8. The number of hydrogen-bond donors (Lipinski definition) is 2. The van der Waals surface area contributed by atoms with Crippen molar-refractivity contribution < 1.29 is 14.5 Å². The molecular weight excluding hydrogens is 300 g/mol. The summed E-state index contributed by atoms with van der Waals surface area (Å²) in [6.45, 7) is 3.65. The van der Waals surface area contributed by atoms with Gasteiger partial charge in [-0.3, -0.25) is 19.7 Å². The molecular formula is C15H20N4O4. The van der Waals surface area contributed by atoms with Gasteiger partial charge in [0.2, 0.25) is 5.91 Å². The molecule has 0 spiro atoms. The SMILES string of the molecule is CC(=O)NCCNC(=O)c1cc([N+](=O)[O-])ccc1N1CCCC1. The molecule has 1 aromatic rings. The van der Waals surface area contributed by atoms with Crippen molar-refractivity contribution in [2.45, 2.75) is 19.8 Å². The highest BCUT2D eigenvalue weighted by molar-refractivity contribution is 6.00.